The smallest absolute Gasteiger partial charge is 0.290 e. The number of aromatic nitrogens is 1. The molecule has 1 amide bonds. The SMILES string of the molecule is CCn1ccc(C(=O)N(C)CCN2CCOCC2)cc1=O.O=CO. The lowest BCUT2D eigenvalue weighted by molar-refractivity contribution is -0.122. The first-order valence-corrected chi connectivity index (χ1v) is 7.87. The fraction of sp³-hybridized carbons (Fsp3) is 0.562. The zero-order valence-electron chi connectivity index (χ0n) is 14.2. The average molecular weight is 339 g/mol. The molecule has 1 aromatic rings. The van der Waals surface area contributed by atoms with E-state index in [4.69, 9.17) is 14.6 Å². The molecule has 1 N–H and O–H groups in total. The van der Waals surface area contributed by atoms with Crippen LogP contribution in [0.4, 0.5) is 0 Å². The lowest BCUT2D eigenvalue weighted by Gasteiger charge is -2.28. The van der Waals surface area contributed by atoms with Gasteiger partial charge in [0.2, 0.25) is 0 Å². The van der Waals surface area contributed by atoms with Crippen molar-refractivity contribution in [1.82, 2.24) is 14.4 Å². The Kier molecular flexibility index (Phi) is 8.74. The molecule has 1 aromatic heterocycles. The van der Waals surface area contributed by atoms with Crippen molar-refractivity contribution >= 4 is 12.4 Å². The van der Waals surface area contributed by atoms with Crippen molar-refractivity contribution < 1.29 is 19.4 Å². The number of pyridine rings is 1. The Hall–Kier alpha value is -2.19. The third kappa shape index (κ3) is 6.13. The van der Waals surface area contributed by atoms with Crippen molar-refractivity contribution in [3.63, 3.8) is 0 Å². The second-order valence-electron chi connectivity index (χ2n) is 5.33. The van der Waals surface area contributed by atoms with Crippen LogP contribution in [0, 0.1) is 0 Å². The molecule has 24 heavy (non-hydrogen) atoms. The summed E-state index contributed by atoms with van der Waals surface area (Å²) in [5.41, 5.74) is 0.319. The van der Waals surface area contributed by atoms with Crippen LogP contribution in [0.25, 0.3) is 0 Å². The van der Waals surface area contributed by atoms with Gasteiger partial charge < -0.3 is 19.3 Å². The molecule has 134 valence electrons. The van der Waals surface area contributed by atoms with E-state index in [1.54, 1.807) is 28.8 Å². The third-order valence-electron chi connectivity index (χ3n) is 3.79. The molecule has 2 heterocycles. The topological polar surface area (TPSA) is 92.1 Å². The minimum absolute atomic E-state index is 0.108. The van der Waals surface area contributed by atoms with Crippen LogP contribution in [0.5, 0.6) is 0 Å². The molecule has 0 aromatic carbocycles. The zero-order chi connectivity index (χ0) is 17.9. The van der Waals surface area contributed by atoms with Gasteiger partial charge in [-0.1, -0.05) is 0 Å². The van der Waals surface area contributed by atoms with Gasteiger partial charge in [0, 0.05) is 57.6 Å². The summed E-state index contributed by atoms with van der Waals surface area (Å²) in [6.07, 6.45) is 1.67. The van der Waals surface area contributed by atoms with E-state index in [2.05, 4.69) is 4.90 Å². The number of amides is 1. The maximum atomic E-state index is 12.3. The Bertz CT molecular complexity index is 581. The average Bonchev–Trinajstić information content (AvgIpc) is 2.60. The van der Waals surface area contributed by atoms with E-state index in [1.807, 2.05) is 6.92 Å². The van der Waals surface area contributed by atoms with Crippen molar-refractivity contribution in [1.29, 1.82) is 0 Å². The number of likely N-dealkylation sites (N-methyl/N-ethyl adjacent to an activating group) is 1. The van der Waals surface area contributed by atoms with Crippen LogP contribution in [-0.4, -0.2) is 78.3 Å². The van der Waals surface area contributed by atoms with Crippen molar-refractivity contribution in [2.24, 2.45) is 0 Å². The highest BCUT2D eigenvalue weighted by Gasteiger charge is 2.15. The van der Waals surface area contributed by atoms with E-state index in [9.17, 15) is 9.59 Å². The summed E-state index contributed by atoms with van der Waals surface area (Å²) in [5.74, 6) is -0.108. The van der Waals surface area contributed by atoms with E-state index in [-0.39, 0.29) is 17.9 Å². The van der Waals surface area contributed by atoms with Gasteiger partial charge in [-0.2, -0.15) is 0 Å². The number of hydrogen-bond donors (Lipinski definition) is 1. The molecule has 1 saturated heterocycles. The Balaban J connectivity index is 0.000000891. The fourth-order valence-corrected chi connectivity index (χ4v) is 2.34. The fourth-order valence-electron chi connectivity index (χ4n) is 2.34. The van der Waals surface area contributed by atoms with Crippen LogP contribution in [0.2, 0.25) is 0 Å². The molecule has 0 spiro atoms. The molecular formula is C16H25N3O5. The quantitative estimate of drug-likeness (QED) is 0.758. The first kappa shape index (κ1) is 19.9. The van der Waals surface area contributed by atoms with E-state index in [0.29, 0.717) is 18.7 Å². The maximum absolute atomic E-state index is 12.3. The molecule has 1 fully saturated rings. The van der Waals surface area contributed by atoms with Gasteiger partial charge in [0.25, 0.3) is 17.9 Å². The standard InChI is InChI=1S/C15H23N3O3.CH2O2/c1-3-18-5-4-13(12-14(18)19)15(20)16(2)6-7-17-8-10-21-11-9-17;2-1-3/h4-5,12H,3,6-11H2,1-2H3;1H,(H,2,3). The minimum Gasteiger partial charge on any atom is -0.483 e. The molecule has 8 nitrogen and oxygen atoms in total. The molecule has 1 aliphatic rings. The van der Waals surface area contributed by atoms with Crippen molar-refractivity contribution in [2.45, 2.75) is 13.5 Å². The van der Waals surface area contributed by atoms with Crippen molar-refractivity contribution in [3.05, 3.63) is 34.2 Å². The van der Waals surface area contributed by atoms with Crippen LogP contribution >= 0.6 is 0 Å². The lowest BCUT2D eigenvalue weighted by atomic mass is 10.2. The number of morpholine rings is 1. The summed E-state index contributed by atoms with van der Waals surface area (Å²) in [5, 5.41) is 6.89. The summed E-state index contributed by atoms with van der Waals surface area (Å²) < 4.78 is 6.87. The monoisotopic (exact) mass is 339 g/mol. The molecule has 0 radical (unpaired) electrons. The van der Waals surface area contributed by atoms with E-state index in [0.717, 1.165) is 32.8 Å². The number of hydrogen-bond acceptors (Lipinski definition) is 5. The van der Waals surface area contributed by atoms with Gasteiger partial charge >= 0.3 is 0 Å². The Morgan fingerprint density at radius 3 is 2.58 bits per heavy atom. The minimum atomic E-state index is -0.250. The number of rotatable bonds is 5. The normalized spacial score (nSPS) is 14.4. The van der Waals surface area contributed by atoms with Crippen LogP contribution in [0.3, 0.4) is 0 Å². The number of carbonyl (C=O) groups is 2. The molecule has 8 heteroatoms. The summed E-state index contributed by atoms with van der Waals surface area (Å²) in [6, 6.07) is 3.12. The molecule has 0 aliphatic carbocycles. The third-order valence-corrected chi connectivity index (χ3v) is 3.79. The largest absolute Gasteiger partial charge is 0.483 e. The van der Waals surface area contributed by atoms with Gasteiger partial charge in [-0.15, -0.1) is 0 Å². The number of ether oxygens (including phenoxy) is 1. The van der Waals surface area contributed by atoms with Gasteiger partial charge in [0.05, 0.1) is 13.2 Å². The predicted octanol–water partition coefficient (Wildman–Crippen LogP) is -0.0268. The predicted molar refractivity (Wildman–Crippen MR) is 89.3 cm³/mol. The maximum Gasteiger partial charge on any atom is 0.290 e. The second-order valence-corrected chi connectivity index (χ2v) is 5.33. The Labute approximate surface area is 141 Å². The highest BCUT2D eigenvalue weighted by molar-refractivity contribution is 5.93. The molecule has 1 aliphatic heterocycles. The molecule has 0 bridgehead atoms. The zero-order valence-corrected chi connectivity index (χ0v) is 14.2. The summed E-state index contributed by atoms with van der Waals surface area (Å²) >= 11 is 0. The highest BCUT2D eigenvalue weighted by Crippen LogP contribution is 2.02. The van der Waals surface area contributed by atoms with Gasteiger partial charge in [-0.25, -0.2) is 0 Å². The van der Waals surface area contributed by atoms with Gasteiger partial charge in [0.1, 0.15) is 0 Å². The van der Waals surface area contributed by atoms with Gasteiger partial charge in [0.15, 0.2) is 0 Å². The van der Waals surface area contributed by atoms with Crippen LogP contribution in [0.1, 0.15) is 17.3 Å². The number of carboxylic acid groups (broad SMARTS) is 1. The first-order valence-electron chi connectivity index (χ1n) is 7.87. The molecule has 2 rings (SSSR count). The highest BCUT2D eigenvalue weighted by atomic mass is 16.5. The first-order chi connectivity index (χ1) is 11.5. The van der Waals surface area contributed by atoms with Crippen molar-refractivity contribution in [3.8, 4) is 0 Å². The number of aryl methyl sites for hydroxylation is 1. The molecule has 0 saturated carbocycles. The second kappa shape index (κ2) is 10.6. The molecular weight excluding hydrogens is 314 g/mol. The van der Waals surface area contributed by atoms with Crippen LogP contribution in [0.15, 0.2) is 23.1 Å². The number of carbonyl (C=O) groups excluding carboxylic acids is 1. The Morgan fingerprint density at radius 2 is 2.04 bits per heavy atom. The lowest BCUT2D eigenvalue weighted by Crippen LogP contribution is -2.42. The van der Waals surface area contributed by atoms with E-state index >= 15 is 0 Å². The van der Waals surface area contributed by atoms with E-state index in [1.165, 1.54) is 6.07 Å². The van der Waals surface area contributed by atoms with Gasteiger partial charge in [-0.3, -0.25) is 19.3 Å². The molecule has 0 unspecified atom stereocenters. The van der Waals surface area contributed by atoms with E-state index < -0.39 is 0 Å². The summed E-state index contributed by atoms with van der Waals surface area (Å²) in [6.45, 7) is 7.08. The molecule has 0 atom stereocenters. The summed E-state index contributed by atoms with van der Waals surface area (Å²) in [4.78, 5) is 36.4. The van der Waals surface area contributed by atoms with Crippen molar-refractivity contribution in [2.75, 3.05) is 46.4 Å². The van der Waals surface area contributed by atoms with Crippen LogP contribution < -0.4 is 5.56 Å². The van der Waals surface area contributed by atoms with Gasteiger partial charge in [-0.05, 0) is 13.0 Å². The Morgan fingerprint density at radius 1 is 1.42 bits per heavy atom. The summed E-state index contributed by atoms with van der Waals surface area (Å²) in [7, 11) is 1.77. The van der Waals surface area contributed by atoms with Crippen LogP contribution in [-0.2, 0) is 16.1 Å². The number of nitrogens with zero attached hydrogens (tertiary/aromatic N) is 3.